The van der Waals surface area contributed by atoms with E-state index in [1.54, 1.807) is 4.31 Å². The van der Waals surface area contributed by atoms with Crippen LogP contribution in [0.5, 0.6) is 0 Å². The van der Waals surface area contributed by atoms with Crippen LogP contribution in [-0.2, 0) is 10.0 Å². The third-order valence-electron chi connectivity index (χ3n) is 5.53. The van der Waals surface area contributed by atoms with E-state index in [1.165, 1.54) is 19.1 Å². The number of aromatic nitrogens is 2. The molecular formula is C17H29Cl2N5O2S. The molecule has 0 amide bonds. The summed E-state index contributed by atoms with van der Waals surface area (Å²) < 4.78 is 25.2. The quantitative estimate of drug-likeness (QED) is 0.772. The summed E-state index contributed by atoms with van der Waals surface area (Å²) in [5.41, 5.74) is 7.08. The Bertz CT molecular complexity index is 754. The van der Waals surface area contributed by atoms with Gasteiger partial charge in [0, 0.05) is 55.8 Å². The molecule has 1 aliphatic heterocycles. The van der Waals surface area contributed by atoms with Gasteiger partial charge in [0.15, 0.2) is 0 Å². The van der Waals surface area contributed by atoms with Crippen molar-refractivity contribution in [2.45, 2.75) is 50.0 Å². The minimum Gasteiger partial charge on any atom is -0.355 e. The summed E-state index contributed by atoms with van der Waals surface area (Å²) >= 11 is 0. The summed E-state index contributed by atoms with van der Waals surface area (Å²) in [6.07, 6.45) is 6.46. The minimum atomic E-state index is -3.13. The van der Waals surface area contributed by atoms with Gasteiger partial charge in [0.05, 0.1) is 6.26 Å². The van der Waals surface area contributed by atoms with E-state index in [0.717, 1.165) is 43.1 Å². The van der Waals surface area contributed by atoms with Crippen LogP contribution < -0.4 is 10.6 Å². The number of nitrogens with zero attached hydrogens (tertiary/aromatic N) is 4. The van der Waals surface area contributed by atoms with Crippen molar-refractivity contribution >= 4 is 40.7 Å². The molecule has 27 heavy (non-hydrogen) atoms. The number of rotatable bonds is 4. The molecule has 2 N–H and O–H groups in total. The van der Waals surface area contributed by atoms with Gasteiger partial charge in [-0.1, -0.05) is 0 Å². The van der Waals surface area contributed by atoms with Gasteiger partial charge in [0.1, 0.15) is 11.6 Å². The van der Waals surface area contributed by atoms with E-state index >= 15 is 0 Å². The maximum atomic E-state index is 11.8. The molecule has 0 aromatic carbocycles. The fraction of sp³-hybridized carbons (Fsp3) is 0.765. The van der Waals surface area contributed by atoms with E-state index in [-0.39, 0.29) is 24.8 Å². The third kappa shape index (κ3) is 5.23. The topological polar surface area (TPSA) is 92.4 Å². The van der Waals surface area contributed by atoms with Crippen molar-refractivity contribution in [2.75, 3.05) is 37.3 Å². The Morgan fingerprint density at radius 3 is 2.33 bits per heavy atom. The molecule has 154 valence electrons. The highest BCUT2D eigenvalue weighted by molar-refractivity contribution is 7.88. The summed E-state index contributed by atoms with van der Waals surface area (Å²) in [6, 6.07) is 2.41. The van der Waals surface area contributed by atoms with Crippen molar-refractivity contribution in [2.24, 2.45) is 5.73 Å². The van der Waals surface area contributed by atoms with Crippen molar-refractivity contribution < 1.29 is 8.42 Å². The Labute approximate surface area is 174 Å². The van der Waals surface area contributed by atoms with Crippen LogP contribution in [0.4, 0.5) is 5.82 Å². The zero-order chi connectivity index (χ0) is 17.6. The van der Waals surface area contributed by atoms with Crippen LogP contribution in [0.1, 0.15) is 55.5 Å². The molecule has 1 saturated heterocycles. The Kier molecular flexibility index (Phi) is 7.35. The smallest absolute Gasteiger partial charge is 0.211 e. The van der Waals surface area contributed by atoms with Crippen molar-refractivity contribution in [3.8, 4) is 0 Å². The number of hydrogen-bond acceptors (Lipinski definition) is 6. The Balaban J connectivity index is 0.00000131. The average molecular weight is 438 g/mol. The van der Waals surface area contributed by atoms with Gasteiger partial charge in [-0.3, -0.25) is 0 Å². The van der Waals surface area contributed by atoms with Gasteiger partial charge >= 0.3 is 0 Å². The number of halogens is 2. The highest BCUT2D eigenvalue weighted by Gasteiger charge is 2.33. The maximum Gasteiger partial charge on any atom is 0.211 e. The molecule has 0 radical (unpaired) electrons. The molecule has 1 aromatic heterocycles. The monoisotopic (exact) mass is 437 g/mol. The maximum absolute atomic E-state index is 11.8. The molecule has 10 heteroatoms. The largest absolute Gasteiger partial charge is 0.355 e. The van der Waals surface area contributed by atoms with Crippen LogP contribution in [0.3, 0.4) is 0 Å². The molecular weight excluding hydrogens is 409 g/mol. The molecule has 0 atom stereocenters. The SMILES string of the molecule is CS(=O)(=O)N1CCCN(c2cc(C3CC(N)C3)nc(C3CC3)n2)CC1.Cl.Cl. The summed E-state index contributed by atoms with van der Waals surface area (Å²) in [5.74, 6) is 2.89. The average Bonchev–Trinajstić information content (AvgIpc) is 3.36. The molecule has 7 nitrogen and oxygen atoms in total. The molecule has 3 fully saturated rings. The fourth-order valence-corrected chi connectivity index (χ4v) is 4.60. The standard InChI is InChI=1S/C17H27N5O2S.2ClH/c1-25(23,24)22-6-2-5-21(7-8-22)16-11-15(13-9-14(18)10-13)19-17(20-16)12-3-4-12;;/h11-14H,2-10,18H2,1H3;2*1H. The normalized spacial score (nSPS) is 26.4. The lowest BCUT2D eigenvalue weighted by molar-refractivity contribution is 0.344. The molecule has 2 aliphatic carbocycles. The molecule has 4 rings (SSSR count). The highest BCUT2D eigenvalue weighted by Crippen LogP contribution is 2.41. The number of sulfonamides is 1. The lowest BCUT2D eigenvalue weighted by Crippen LogP contribution is -2.36. The first-order chi connectivity index (χ1) is 11.9. The van der Waals surface area contributed by atoms with E-state index in [2.05, 4.69) is 11.0 Å². The summed E-state index contributed by atoms with van der Waals surface area (Å²) in [7, 11) is -3.13. The van der Waals surface area contributed by atoms with Crippen LogP contribution in [-0.4, -0.2) is 61.2 Å². The molecule has 2 heterocycles. The lowest BCUT2D eigenvalue weighted by Gasteiger charge is -2.33. The van der Waals surface area contributed by atoms with Crippen molar-refractivity contribution in [3.63, 3.8) is 0 Å². The van der Waals surface area contributed by atoms with E-state index in [9.17, 15) is 8.42 Å². The molecule has 0 bridgehead atoms. The molecule has 3 aliphatic rings. The van der Waals surface area contributed by atoms with E-state index in [4.69, 9.17) is 15.7 Å². The van der Waals surface area contributed by atoms with Crippen molar-refractivity contribution in [3.05, 3.63) is 17.6 Å². The summed E-state index contributed by atoms with van der Waals surface area (Å²) in [5, 5.41) is 0. The van der Waals surface area contributed by atoms with Gasteiger partial charge in [0.25, 0.3) is 0 Å². The van der Waals surface area contributed by atoms with Crippen LogP contribution in [0.2, 0.25) is 0 Å². The van der Waals surface area contributed by atoms with Crippen LogP contribution in [0.15, 0.2) is 6.07 Å². The highest BCUT2D eigenvalue weighted by atomic mass is 35.5. The predicted molar refractivity (Wildman–Crippen MR) is 112 cm³/mol. The molecule has 1 aromatic rings. The number of hydrogen-bond donors (Lipinski definition) is 1. The Morgan fingerprint density at radius 1 is 1.04 bits per heavy atom. The zero-order valence-electron chi connectivity index (χ0n) is 15.6. The first-order valence-electron chi connectivity index (χ1n) is 9.24. The number of anilines is 1. The second-order valence-corrected chi connectivity index (χ2v) is 9.70. The van der Waals surface area contributed by atoms with E-state index in [0.29, 0.717) is 37.5 Å². The Hall–Kier alpha value is -0.670. The van der Waals surface area contributed by atoms with Gasteiger partial charge in [-0.05, 0) is 32.1 Å². The van der Waals surface area contributed by atoms with Gasteiger partial charge in [0.2, 0.25) is 10.0 Å². The van der Waals surface area contributed by atoms with Gasteiger partial charge in [-0.2, -0.15) is 0 Å². The first-order valence-corrected chi connectivity index (χ1v) is 11.1. The summed E-state index contributed by atoms with van der Waals surface area (Å²) in [4.78, 5) is 11.9. The predicted octanol–water partition coefficient (Wildman–Crippen LogP) is 1.87. The molecule has 0 spiro atoms. The minimum absolute atomic E-state index is 0. The fourth-order valence-electron chi connectivity index (χ4n) is 3.72. The Morgan fingerprint density at radius 2 is 1.74 bits per heavy atom. The van der Waals surface area contributed by atoms with Crippen LogP contribution in [0.25, 0.3) is 0 Å². The second-order valence-electron chi connectivity index (χ2n) is 7.71. The summed E-state index contributed by atoms with van der Waals surface area (Å²) in [6.45, 7) is 2.61. The van der Waals surface area contributed by atoms with Gasteiger partial charge < -0.3 is 10.6 Å². The molecule has 2 saturated carbocycles. The van der Waals surface area contributed by atoms with Crippen LogP contribution in [0, 0.1) is 0 Å². The molecule has 0 unspecified atom stereocenters. The number of nitrogens with two attached hydrogens (primary N) is 1. The van der Waals surface area contributed by atoms with E-state index in [1.807, 2.05) is 0 Å². The van der Waals surface area contributed by atoms with E-state index < -0.39 is 10.0 Å². The van der Waals surface area contributed by atoms with Gasteiger partial charge in [-0.15, -0.1) is 24.8 Å². The van der Waals surface area contributed by atoms with Crippen LogP contribution >= 0.6 is 24.8 Å². The third-order valence-corrected chi connectivity index (χ3v) is 6.84. The van der Waals surface area contributed by atoms with Gasteiger partial charge in [-0.25, -0.2) is 22.7 Å². The zero-order valence-corrected chi connectivity index (χ0v) is 18.0. The second kappa shape index (κ2) is 8.78. The first kappa shape index (κ1) is 22.6. The lowest BCUT2D eigenvalue weighted by atomic mass is 9.78. The van der Waals surface area contributed by atoms with Crippen molar-refractivity contribution in [1.29, 1.82) is 0 Å². The van der Waals surface area contributed by atoms with Crippen molar-refractivity contribution in [1.82, 2.24) is 14.3 Å².